The fraction of sp³-hybridized carbons (Fsp3) is 0.200. The lowest BCUT2D eigenvalue weighted by Crippen LogP contribution is -2.10. The number of nitrogens with one attached hydrogen (secondary N) is 1. The molecule has 2 heterocycles. The molecule has 1 unspecified atom stereocenters. The lowest BCUT2D eigenvalue weighted by atomic mass is 10.2. The molecular weight excluding hydrogens is 268 g/mol. The van der Waals surface area contributed by atoms with Crippen LogP contribution in [0.25, 0.3) is 5.69 Å². The van der Waals surface area contributed by atoms with Gasteiger partial charge in [-0.3, -0.25) is 0 Å². The van der Waals surface area contributed by atoms with Gasteiger partial charge in [-0.25, -0.2) is 9.67 Å². The van der Waals surface area contributed by atoms with E-state index in [1.807, 2.05) is 42.1 Å². The zero-order chi connectivity index (χ0) is 13.9. The van der Waals surface area contributed by atoms with Gasteiger partial charge in [-0.15, -0.1) is 11.3 Å². The Kier molecular flexibility index (Phi) is 3.52. The highest BCUT2D eigenvalue weighted by Gasteiger charge is 2.11. The van der Waals surface area contributed by atoms with Gasteiger partial charge in [-0.05, 0) is 32.0 Å². The molecule has 5 heteroatoms. The fourth-order valence-corrected chi connectivity index (χ4v) is 2.80. The Morgan fingerprint density at radius 3 is 2.80 bits per heavy atom. The van der Waals surface area contributed by atoms with Crippen molar-refractivity contribution < 1.29 is 0 Å². The second-order valence-corrected chi connectivity index (χ2v) is 5.69. The molecule has 3 rings (SSSR count). The van der Waals surface area contributed by atoms with Crippen LogP contribution in [0.2, 0.25) is 0 Å². The highest BCUT2D eigenvalue weighted by Crippen LogP contribution is 2.25. The minimum atomic E-state index is 0.164. The van der Waals surface area contributed by atoms with Crippen molar-refractivity contribution in [2.24, 2.45) is 0 Å². The van der Waals surface area contributed by atoms with Crippen LogP contribution in [0.1, 0.15) is 23.7 Å². The van der Waals surface area contributed by atoms with E-state index in [1.165, 1.54) is 0 Å². The van der Waals surface area contributed by atoms with E-state index in [0.29, 0.717) is 0 Å². The Morgan fingerprint density at radius 2 is 2.10 bits per heavy atom. The summed E-state index contributed by atoms with van der Waals surface area (Å²) in [5.41, 5.74) is 3.16. The zero-order valence-corrected chi connectivity index (χ0v) is 12.3. The molecule has 0 saturated heterocycles. The van der Waals surface area contributed by atoms with E-state index >= 15 is 0 Å². The molecule has 4 nitrogen and oxygen atoms in total. The predicted octanol–water partition coefficient (Wildman–Crippen LogP) is 3.81. The summed E-state index contributed by atoms with van der Waals surface area (Å²) in [7, 11) is 0. The lowest BCUT2D eigenvalue weighted by Gasteiger charge is -2.16. The van der Waals surface area contributed by atoms with Gasteiger partial charge >= 0.3 is 0 Å². The van der Waals surface area contributed by atoms with E-state index < -0.39 is 0 Å². The number of anilines is 1. The Labute approximate surface area is 122 Å². The Hall–Kier alpha value is -2.14. The maximum absolute atomic E-state index is 4.53. The van der Waals surface area contributed by atoms with Crippen molar-refractivity contribution in [2.45, 2.75) is 19.9 Å². The van der Waals surface area contributed by atoms with Crippen LogP contribution in [0, 0.1) is 6.92 Å². The standard InChI is InChI=1S/C15H16N4S/c1-11(14-10-20-12(2)18-14)17-13-6-3-4-7-15(13)19-9-5-8-16-19/h3-11,17H,1-2H3. The first-order valence-corrected chi connectivity index (χ1v) is 7.39. The summed E-state index contributed by atoms with van der Waals surface area (Å²) >= 11 is 1.68. The van der Waals surface area contributed by atoms with Crippen molar-refractivity contribution in [3.8, 4) is 5.69 Å². The van der Waals surface area contributed by atoms with Gasteiger partial charge in [0.15, 0.2) is 0 Å². The third-order valence-corrected chi connectivity index (χ3v) is 3.90. The molecule has 2 aromatic heterocycles. The monoisotopic (exact) mass is 284 g/mol. The molecule has 20 heavy (non-hydrogen) atoms. The number of nitrogens with zero attached hydrogens (tertiary/aromatic N) is 3. The second kappa shape index (κ2) is 5.46. The zero-order valence-electron chi connectivity index (χ0n) is 11.4. The maximum atomic E-state index is 4.53. The predicted molar refractivity (Wildman–Crippen MR) is 82.5 cm³/mol. The molecule has 1 atom stereocenters. The summed E-state index contributed by atoms with van der Waals surface area (Å²) in [5.74, 6) is 0. The molecule has 0 bridgehead atoms. The molecular formula is C15H16N4S. The second-order valence-electron chi connectivity index (χ2n) is 4.63. The molecule has 0 aliphatic heterocycles. The van der Waals surface area contributed by atoms with Crippen molar-refractivity contribution in [3.63, 3.8) is 0 Å². The van der Waals surface area contributed by atoms with Crippen molar-refractivity contribution in [3.05, 3.63) is 58.8 Å². The average Bonchev–Trinajstić information content (AvgIpc) is 3.10. The summed E-state index contributed by atoms with van der Waals surface area (Å²) in [6.07, 6.45) is 3.72. The van der Waals surface area contributed by atoms with E-state index in [0.717, 1.165) is 22.1 Å². The number of hydrogen-bond acceptors (Lipinski definition) is 4. The van der Waals surface area contributed by atoms with Crippen LogP contribution in [0.3, 0.4) is 0 Å². The highest BCUT2D eigenvalue weighted by molar-refractivity contribution is 7.09. The number of para-hydroxylation sites is 2. The minimum absolute atomic E-state index is 0.164. The van der Waals surface area contributed by atoms with Crippen molar-refractivity contribution in [2.75, 3.05) is 5.32 Å². The first kappa shape index (κ1) is 12.9. The first-order chi connectivity index (χ1) is 9.74. The van der Waals surface area contributed by atoms with Gasteiger partial charge in [0.1, 0.15) is 0 Å². The molecule has 0 radical (unpaired) electrons. The third kappa shape index (κ3) is 2.58. The molecule has 102 valence electrons. The van der Waals surface area contributed by atoms with Crippen LogP contribution in [-0.2, 0) is 0 Å². The Bertz CT molecular complexity index is 687. The SMILES string of the molecule is Cc1nc(C(C)Nc2ccccc2-n2cccn2)cs1. The lowest BCUT2D eigenvalue weighted by molar-refractivity contribution is 0.831. The summed E-state index contributed by atoms with van der Waals surface area (Å²) in [6, 6.07) is 10.2. The normalized spacial score (nSPS) is 12.3. The van der Waals surface area contributed by atoms with Crippen LogP contribution in [0.5, 0.6) is 0 Å². The Balaban J connectivity index is 1.88. The number of thiazole rings is 1. The largest absolute Gasteiger partial charge is 0.375 e. The number of aromatic nitrogens is 3. The van der Waals surface area contributed by atoms with Crippen LogP contribution >= 0.6 is 11.3 Å². The number of benzene rings is 1. The summed E-state index contributed by atoms with van der Waals surface area (Å²) < 4.78 is 1.86. The van der Waals surface area contributed by atoms with Gasteiger partial charge in [0, 0.05) is 17.8 Å². The fourth-order valence-electron chi connectivity index (χ4n) is 2.09. The van der Waals surface area contributed by atoms with Gasteiger partial charge in [0.25, 0.3) is 0 Å². The summed E-state index contributed by atoms with van der Waals surface area (Å²) in [5, 5.41) is 11.0. The highest BCUT2D eigenvalue weighted by atomic mass is 32.1. The van der Waals surface area contributed by atoms with Gasteiger partial charge < -0.3 is 5.32 Å². The van der Waals surface area contributed by atoms with E-state index in [1.54, 1.807) is 17.5 Å². The van der Waals surface area contributed by atoms with Crippen LogP contribution in [0.15, 0.2) is 48.1 Å². The van der Waals surface area contributed by atoms with E-state index in [9.17, 15) is 0 Å². The van der Waals surface area contributed by atoms with Gasteiger partial charge in [0.05, 0.1) is 28.1 Å². The molecule has 0 aliphatic rings. The van der Waals surface area contributed by atoms with Gasteiger partial charge in [0.2, 0.25) is 0 Å². The first-order valence-electron chi connectivity index (χ1n) is 6.51. The molecule has 0 saturated carbocycles. The minimum Gasteiger partial charge on any atom is -0.375 e. The quantitative estimate of drug-likeness (QED) is 0.792. The van der Waals surface area contributed by atoms with Crippen LogP contribution in [-0.4, -0.2) is 14.8 Å². The topological polar surface area (TPSA) is 42.7 Å². The van der Waals surface area contributed by atoms with Crippen molar-refractivity contribution >= 4 is 17.0 Å². The van der Waals surface area contributed by atoms with Gasteiger partial charge in [-0.1, -0.05) is 12.1 Å². The summed E-state index contributed by atoms with van der Waals surface area (Å²) in [4.78, 5) is 4.53. The third-order valence-electron chi connectivity index (χ3n) is 3.11. The molecule has 0 aliphatic carbocycles. The maximum Gasteiger partial charge on any atom is 0.0898 e. The van der Waals surface area contributed by atoms with Crippen molar-refractivity contribution in [1.82, 2.24) is 14.8 Å². The number of rotatable bonds is 4. The van der Waals surface area contributed by atoms with E-state index in [2.05, 4.69) is 33.8 Å². The average molecular weight is 284 g/mol. The van der Waals surface area contributed by atoms with Crippen LogP contribution in [0.4, 0.5) is 5.69 Å². The Morgan fingerprint density at radius 1 is 1.25 bits per heavy atom. The molecule has 0 amide bonds. The van der Waals surface area contributed by atoms with Gasteiger partial charge in [-0.2, -0.15) is 5.10 Å². The van der Waals surface area contributed by atoms with Crippen LogP contribution < -0.4 is 5.32 Å². The smallest absolute Gasteiger partial charge is 0.0898 e. The molecule has 0 spiro atoms. The molecule has 1 N–H and O–H groups in total. The van der Waals surface area contributed by atoms with Crippen molar-refractivity contribution in [1.29, 1.82) is 0 Å². The molecule has 1 aromatic carbocycles. The molecule has 3 aromatic rings. The van der Waals surface area contributed by atoms with E-state index in [-0.39, 0.29) is 6.04 Å². The number of aryl methyl sites for hydroxylation is 1. The molecule has 0 fully saturated rings. The van der Waals surface area contributed by atoms with E-state index in [4.69, 9.17) is 0 Å². The number of hydrogen-bond donors (Lipinski definition) is 1. The summed E-state index contributed by atoms with van der Waals surface area (Å²) in [6.45, 7) is 4.15.